The molecule has 0 heterocycles. The standard InChI is InChI=1S/C16H23NO3/c1-4-19-14-7-9-15(10-8-14)20-11-16(18)17(3)12(2)13-5-6-13/h7-10,12-13H,4-6,11H2,1-3H3. The first-order valence-electron chi connectivity index (χ1n) is 7.23. The molecule has 1 aliphatic carbocycles. The number of hydrogen-bond acceptors (Lipinski definition) is 3. The van der Waals surface area contributed by atoms with E-state index in [0.717, 1.165) is 5.75 Å². The summed E-state index contributed by atoms with van der Waals surface area (Å²) >= 11 is 0. The van der Waals surface area contributed by atoms with Crippen molar-refractivity contribution in [2.24, 2.45) is 5.92 Å². The molecule has 1 atom stereocenters. The van der Waals surface area contributed by atoms with Crippen molar-refractivity contribution < 1.29 is 14.3 Å². The summed E-state index contributed by atoms with van der Waals surface area (Å²) in [4.78, 5) is 13.8. The van der Waals surface area contributed by atoms with E-state index in [0.29, 0.717) is 24.3 Å². The lowest BCUT2D eigenvalue weighted by molar-refractivity contribution is -0.134. The van der Waals surface area contributed by atoms with Crippen molar-refractivity contribution in [3.63, 3.8) is 0 Å². The van der Waals surface area contributed by atoms with Crippen LogP contribution >= 0.6 is 0 Å². The maximum Gasteiger partial charge on any atom is 0.260 e. The van der Waals surface area contributed by atoms with E-state index in [1.54, 1.807) is 4.90 Å². The predicted octanol–water partition coefficient (Wildman–Crippen LogP) is 2.72. The number of carbonyl (C=O) groups excluding carboxylic acids is 1. The van der Waals surface area contributed by atoms with E-state index in [2.05, 4.69) is 6.92 Å². The molecule has 1 fully saturated rings. The minimum absolute atomic E-state index is 0.0262. The van der Waals surface area contributed by atoms with E-state index in [9.17, 15) is 4.79 Å². The molecule has 0 saturated heterocycles. The monoisotopic (exact) mass is 277 g/mol. The third-order valence-electron chi connectivity index (χ3n) is 3.81. The topological polar surface area (TPSA) is 38.8 Å². The summed E-state index contributed by atoms with van der Waals surface area (Å²) in [7, 11) is 1.85. The molecular formula is C16H23NO3. The van der Waals surface area contributed by atoms with Gasteiger partial charge in [-0.2, -0.15) is 0 Å². The zero-order valence-corrected chi connectivity index (χ0v) is 12.5. The van der Waals surface area contributed by atoms with Gasteiger partial charge in [0.15, 0.2) is 6.61 Å². The molecular weight excluding hydrogens is 254 g/mol. The Kier molecular flexibility index (Phi) is 4.88. The first-order chi connectivity index (χ1) is 9.61. The Hall–Kier alpha value is -1.71. The molecule has 0 bridgehead atoms. The molecule has 110 valence electrons. The van der Waals surface area contributed by atoms with Gasteiger partial charge >= 0.3 is 0 Å². The van der Waals surface area contributed by atoms with E-state index in [1.165, 1.54) is 12.8 Å². The van der Waals surface area contributed by atoms with Crippen molar-refractivity contribution in [1.82, 2.24) is 4.90 Å². The van der Waals surface area contributed by atoms with Crippen molar-refractivity contribution in [1.29, 1.82) is 0 Å². The second-order valence-corrected chi connectivity index (χ2v) is 5.28. The number of rotatable bonds is 7. The predicted molar refractivity (Wildman–Crippen MR) is 78.1 cm³/mol. The van der Waals surface area contributed by atoms with E-state index < -0.39 is 0 Å². The van der Waals surface area contributed by atoms with Crippen molar-refractivity contribution in [3.05, 3.63) is 24.3 Å². The Morgan fingerprint density at radius 3 is 2.30 bits per heavy atom. The minimum Gasteiger partial charge on any atom is -0.494 e. The average Bonchev–Trinajstić information content (AvgIpc) is 3.29. The Labute approximate surface area is 120 Å². The Balaban J connectivity index is 1.80. The van der Waals surface area contributed by atoms with Crippen LogP contribution in [0.3, 0.4) is 0 Å². The SMILES string of the molecule is CCOc1ccc(OCC(=O)N(C)C(C)C2CC2)cc1. The van der Waals surface area contributed by atoms with E-state index in [4.69, 9.17) is 9.47 Å². The number of benzene rings is 1. The highest BCUT2D eigenvalue weighted by molar-refractivity contribution is 5.77. The number of hydrogen-bond donors (Lipinski definition) is 0. The number of ether oxygens (including phenoxy) is 2. The van der Waals surface area contributed by atoms with Gasteiger partial charge in [-0.3, -0.25) is 4.79 Å². The molecule has 1 unspecified atom stereocenters. The van der Waals surface area contributed by atoms with Gasteiger partial charge in [0.05, 0.1) is 6.61 Å². The molecule has 2 rings (SSSR count). The lowest BCUT2D eigenvalue weighted by Gasteiger charge is -2.24. The number of nitrogens with zero attached hydrogens (tertiary/aromatic N) is 1. The maximum atomic E-state index is 12.0. The third kappa shape index (κ3) is 3.89. The molecule has 1 saturated carbocycles. The van der Waals surface area contributed by atoms with Gasteiger partial charge in [-0.25, -0.2) is 0 Å². The summed E-state index contributed by atoms with van der Waals surface area (Å²) in [6, 6.07) is 7.65. The largest absolute Gasteiger partial charge is 0.494 e. The number of carbonyl (C=O) groups is 1. The van der Waals surface area contributed by atoms with Gasteiger partial charge < -0.3 is 14.4 Å². The minimum atomic E-state index is 0.0262. The van der Waals surface area contributed by atoms with Gasteiger partial charge in [0.1, 0.15) is 11.5 Å². The Bertz CT molecular complexity index is 440. The highest BCUT2D eigenvalue weighted by Gasteiger charge is 2.32. The Morgan fingerprint density at radius 2 is 1.80 bits per heavy atom. The van der Waals surface area contributed by atoms with Crippen LogP contribution in [0.4, 0.5) is 0 Å². The molecule has 1 aliphatic rings. The summed E-state index contributed by atoms with van der Waals surface area (Å²) in [5, 5.41) is 0. The first-order valence-corrected chi connectivity index (χ1v) is 7.23. The first kappa shape index (κ1) is 14.7. The summed E-state index contributed by atoms with van der Waals surface area (Å²) in [6.07, 6.45) is 2.47. The highest BCUT2D eigenvalue weighted by Crippen LogP contribution is 2.34. The van der Waals surface area contributed by atoms with Crippen LogP contribution in [0.15, 0.2) is 24.3 Å². The maximum absolute atomic E-state index is 12.0. The molecule has 1 amide bonds. The van der Waals surface area contributed by atoms with Gasteiger partial charge in [0, 0.05) is 13.1 Å². The third-order valence-corrected chi connectivity index (χ3v) is 3.81. The molecule has 0 spiro atoms. The van der Waals surface area contributed by atoms with Crippen molar-refractivity contribution in [2.75, 3.05) is 20.3 Å². The smallest absolute Gasteiger partial charge is 0.260 e. The van der Waals surface area contributed by atoms with Crippen LogP contribution in [0, 0.1) is 5.92 Å². The molecule has 0 aromatic heterocycles. The average molecular weight is 277 g/mol. The summed E-state index contributed by atoms with van der Waals surface area (Å²) in [6.45, 7) is 4.77. The van der Waals surface area contributed by atoms with Crippen molar-refractivity contribution in [2.45, 2.75) is 32.7 Å². The molecule has 0 aliphatic heterocycles. The number of amides is 1. The molecule has 0 N–H and O–H groups in total. The number of likely N-dealkylation sites (N-methyl/N-ethyl adjacent to an activating group) is 1. The summed E-state index contributed by atoms with van der Waals surface area (Å²) in [5.41, 5.74) is 0. The van der Waals surface area contributed by atoms with Crippen LogP contribution in [-0.4, -0.2) is 37.1 Å². The van der Waals surface area contributed by atoms with Crippen LogP contribution in [0.25, 0.3) is 0 Å². The van der Waals surface area contributed by atoms with Crippen LogP contribution in [0.5, 0.6) is 11.5 Å². The van der Waals surface area contributed by atoms with Gasteiger partial charge in [-0.05, 0) is 56.9 Å². The molecule has 1 aromatic carbocycles. The summed E-state index contributed by atoms with van der Waals surface area (Å²) < 4.78 is 10.9. The van der Waals surface area contributed by atoms with E-state index in [-0.39, 0.29) is 12.5 Å². The fourth-order valence-electron chi connectivity index (χ4n) is 2.17. The van der Waals surface area contributed by atoms with E-state index >= 15 is 0 Å². The van der Waals surface area contributed by atoms with Crippen LogP contribution < -0.4 is 9.47 Å². The van der Waals surface area contributed by atoms with Crippen molar-refractivity contribution in [3.8, 4) is 11.5 Å². The molecule has 4 heteroatoms. The lowest BCUT2D eigenvalue weighted by Crippen LogP contribution is -2.39. The van der Waals surface area contributed by atoms with Crippen molar-refractivity contribution >= 4 is 5.91 Å². The zero-order chi connectivity index (χ0) is 14.5. The second-order valence-electron chi connectivity index (χ2n) is 5.28. The highest BCUT2D eigenvalue weighted by atomic mass is 16.5. The van der Waals surface area contributed by atoms with Gasteiger partial charge in [0.2, 0.25) is 0 Å². The van der Waals surface area contributed by atoms with Gasteiger partial charge in [0.25, 0.3) is 5.91 Å². The fourth-order valence-corrected chi connectivity index (χ4v) is 2.17. The fraction of sp³-hybridized carbons (Fsp3) is 0.562. The second kappa shape index (κ2) is 6.64. The molecule has 4 nitrogen and oxygen atoms in total. The zero-order valence-electron chi connectivity index (χ0n) is 12.5. The lowest BCUT2D eigenvalue weighted by atomic mass is 10.2. The molecule has 1 aromatic rings. The summed E-state index contributed by atoms with van der Waals surface area (Å²) in [5.74, 6) is 2.20. The quantitative estimate of drug-likeness (QED) is 0.769. The normalized spacial score (nSPS) is 15.6. The van der Waals surface area contributed by atoms with Gasteiger partial charge in [-0.15, -0.1) is 0 Å². The van der Waals surface area contributed by atoms with Crippen LogP contribution in [-0.2, 0) is 4.79 Å². The van der Waals surface area contributed by atoms with Crippen LogP contribution in [0.1, 0.15) is 26.7 Å². The molecule has 0 radical (unpaired) electrons. The van der Waals surface area contributed by atoms with Gasteiger partial charge in [-0.1, -0.05) is 0 Å². The van der Waals surface area contributed by atoms with E-state index in [1.807, 2.05) is 38.2 Å². The van der Waals surface area contributed by atoms with Crippen LogP contribution in [0.2, 0.25) is 0 Å². The molecule has 20 heavy (non-hydrogen) atoms. The Morgan fingerprint density at radius 1 is 1.25 bits per heavy atom.